The number of hydrogen-bond donors (Lipinski definition) is 0. The maximum atomic E-state index is 11.3. The number of hydrogen-bond acceptors (Lipinski definition) is 3. The van der Waals surface area contributed by atoms with Gasteiger partial charge in [-0.2, -0.15) is 0 Å². The van der Waals surface area contributed by atoms with Crippen LogP contribution in [0.3, 0.4) is 0 Å². The summed E-state index contributed by atoms with van der Waals surface area (Å²) in [5.74, 6) is 0.191. The van der Waals surface area contributed by atoms with Crippen LogP contribution in [0.5, 0.6) is 0 Å². The molecule has 0 aliphatic carbocycles. The van der Waals surface area contributed by atoms with Gasteiger partial charge in [-0.05, 0) is 29.2 Å². The molecular weight excluding hydrogens is 224 g/mol. The van der Waals surface area contributed by atoms with Crippen LogP contribution in [0.2, 0.25) is 0 Å². The Kier molecular flexibility index (Phi) is 8.04. The highest BCUT2D eigenvalue weighted by Crippen LogP contribution is 2.14. The summed E-state index contributed by atoms with van der Waals surface area (Å²) in [5, 5.41) is 0. The number of carbonyl (C=O) groups is 1. The maximum Gasteiger partial charge on any atom is 0.302 e. The minimum Gasteiger partial charge on any atom is -0.611 e. The molecule has 0 saturated carbocycles. The van der Waals surface area contributed by atoms with Crippen molar-refractivity contribution in [3.05, 3.63) is 10.4 Å². The molecule has 0 heterocycles. The van der Waals surface area contributed by atoms with Crippen molar-refractivity contribution < 1.29 is 14.1 Å². The molecule has 0 aromatic rings. The van der Waals surface area contributed by atoms with E-state index in [4.69, 9.17) is 11.6 Å². The summed E-state index contributed by atoms with van der Waals surface area (Å²) in [6.07, 6.45) is 3.33. The molecule has 1 unspecified atom stereocenters. The molecule has 0 bridgehead atoms. The number of carbonyl (C=O) groups excluding carboxylic acids is 1. The Balaban J connectivity index is 3.78. The smallest absolute Gasteiger partial charge is 0.302 e. The number of halogens is 1. The molecule has 3 nitrogen and oxygen atoms in total. The quantitative estimate of drug-likeness (QED) is 0.527. The van der Waals surface area contributed by atoms with E-state index < -0.39 is 11.2 Å². The Hall–Kier alpha value is -0.190. The number of rotatable bonds is 6. The fraction of sp³-hybridized carbons (Fsp3) is 0.667. The first kappa shape index (κ1) is 13.8. The minimum atomic E-state index is -1.14. The van der Waals surface area contributed by atoms with E-state index in [1.165, 1.54) is 13.0 Å². The van der Waals surface area contributed by atoms with Gasteiger partial charge in [0.15, 0.2) is 0 Å². The van der Waals surface area contributed by atoms with Gasteiger partial charge in [-0.3, -0.25) is 4.79 Å². The van der Waals surface area contributed by atoms with Gasteiger partial charge in [0, 0.05) is 13.0 Å². The first-order valence-electron chi connectivity index (χ1n) is 4.45. The largest absolute Gasteiger partial charge is 0.611 e. The van der Waals surface area contributed by atoms with Gasteiger partial charge in [-0.25, -0.2) is 0 Å². The molecule has 0 fully saturated rings. The maximum absolute atomic E-state index is 11.3. The molecule has 0 aromatic heterocycles. The average molecular weight is 239 g/mol. The Morgan fingerprint density at radius 3 is 2.79 bits per heavy atom. The van der Waals surface area contributed by atoms with Crippen molar-refractivity contribution in [1.82, 2.24) is 0 Å². The summed E-state index contributed by atoms with van der Waals surface area (Å²) in [5.41, 5.74) is 0. The van der Waals surface area contributed by atoms with E-state index >= 15 is 0 Å². The van der Waals surface area contributed by atoms with Gasteiger partial charge >= 0.3 is 5.97 Å². The van der Waals surface area contributed by atoms with Gasteiger partial charge in [-0.1, -0.05) is 13.3 Å². The van der Waals surface area contributed by atoms with Crippen molar-refractivity contribution in [2.24, 2.45) is 0 Å². The van der Waals surface area contributed by atoms with Crippen LogP contribution in [0.1, 0.15) is 26.7 Å². The van der Waals surface area contributed by atoms with Crippen molar-refractivity contribution in [3.63, 3.8) is 0 Å². The normalized spacial score (nSPS) is 13.9. The van der Waals surface area contributed by atoms with Gasteiger partial charge in [-0.15, -0.1) is 0 Å². The third-order valence-electron chi connectivity index (χ3n) is 1.43. The van der Waals surface area contributed by atoms with E-state index in [-0.39, 0.29) is 16.9 Å². The van der Waals surface area contributed by atoms with Crippen LogP contribution in [-0.2, 0) is 20.7 Å². The van der Waals surface area contributed by atoms with Crippen LogP contribution in [0.4, 0.5) is 0 Å². The molecule has 1 atom stereocenters. The lowest BCUT2D eigenvalue weighted by Crippen LogP contribution is -2.07. The van der Waals surface area contributed by atoms with E-state index in [9.17, 15) is 9.35 Å². The van der Waals surface area contributed by atoms with Crippen LogP contribution < -0.4 is 0 Å². The highest BCUT2D eigenvalue weighted by molar-refractivity contribution is 7.96. The molecule has 14 heavy (non-hydrogen) atoms. The average Bonchev–Trinajstić information content (AvgIpc) is 2.13. The van der Waals surface area contributed by atoms with Gasteiger partial charge < -0.3 is 9.29 Å². The highest BCUT2D eigenvalue weighted by Gasteiger charge is 2.10. The predicted octanol–water partition coefficient (Wildman–Crippen LogP) is 2.18. The van der Waals surface area contributed by atoms with Crippen molar-refractivity contribution in [1.29, 1.82) is 0 Å². The lowest BCUT2D eigenvalue weighted by molar-refractivity contribution is -0.139. The summed E-state index contributed by atoms with van der Waals surface area (Å²) in [6, 6.07) is 0. The lowest BCUT2D eigenvalue weighted by Gasteiger charge is -2.07. The van der Waals surface area contributed by atoms with Gasteiger partial charge in [0.2, 0.25) is 4.36 Å². The Labute approximate surface area is 92.6 Å². The van der Waals surface area contributed by atoms with Crippen LogP contribution in [-0.4, -0.2) is 22.9 Å². The summed E-state index contributed by atoms with van der Waals surface area (Å²) in [6.45, 7) is 3.43. The number of esters is 1. The zero-order chi connectivity index (χ0) is 11.0. The van der Waals surface area contributed by atoms with Gasteiger partial charge in [0.05, 0.1) is 0 Å². The summed E-state index contributed by atoms with van der Waals surface area (Å²) in [4.78, 5) is 10.4. The second-order valence-corrected chi connectivity index (χ2v) is 4.88. The Morgan fingerprint density at radius 2 is 2.29 bits per heavy atom. The molecule has 0 amide bonds. The van der Waals surface area contributed by atoms with Crippen molar-refractivity contribution in [3.8, 4) is 0 Å². The number of unbranched alkanes of at least 4 members (excludes halogenated alkanes) is 1. The van der Waals surface area contributed by atoms with E-state index in [0.717, 1.165) is 12.8 Å². The molecule has 82 valence electrons. The Morgan fingerprint density at radius 1 is 1.64 bits per heavy atom. The minimum absolute atomic E-state index is 0.0893. The molecular formula is C9H15ClO3S. The van der Waals surface area contributed by atoms with Crippen LogP contribution in [0.15, 0.2) is 10.4 Å². The predicted molar refractivity (Wildman–Crippen MR) is 58.5 cm³/mol. The van der Waals surface area contributed by atoms with E-state index in [1.54, 1.807) is 0 Å². The van der Waals surface area contributed by atoms with Crippen LogP contribution in [0.25, 0.3) is 0 Å². The number of ether oxygens (including phenoxy) is 1. The Bertz CT molecular complexity index is 206. The molecule has 0 aliphatic heterocycles. The molecule has 0 radical (unpaired) electrons. The first-order chi connectivity index (χ1) is 6.57. The fourth-order valence-corrected chi connectivity index (χ4v) is 1.98. The molecule has 0 aliphatic rings. The molecule has 0 rings (SSSR count). The molecule has 5 heteroatoms. The summed E-state index contributed by atoms with van der Waals surface area (Å²) < 4.78 is 16.2. The van der Waals surface area contributed by atoms with Gasteiger partial charge in [0.1, 0.15) is 12.4 Å². The second kappa shape index (κ2) is 8.15. The third kappa shape index (κ3) is 7.24. The molecule has 0 saturated heterocycles. The zero-order valence-electron chi connectivity index (χ0n) is 8.42. The monoisotopic (exact) mass is 238 g/mol. The van der Waals surface area contributed by atoms with Crippen LogP contribution in [0, 0.1) is 0 Å². The lowest BCUT2D eigenvalue weighted by atomic mass is 10.4. The topological polar surface area (TPSA) is 49.4 Å². The highest BCUT2D eigenvalue weighted by atomic mass is 35.5. The molecule has 0 aromatic carbocycles. The van der Waals surface area contributed by atoms with Crippen molar-refractivity contribution in [2.45, 2.75) is 26.7 Å². The molecule has 0 N–H and O–H groups in total. The zero-order valence-corrected chi connectivity index (χ0v) is 9.99. The second-order valence-electron chi connectivity index (χ2n) is 2.71. The summed E-state index contributed by atoms with van der Waals surface area (Å²) in [7, 11) is 0. The fourth-order valence-electron chi connectivity index (χ4n) is 0.690. The van der Waals surface area contributed by atoms with Gasteiger partial charge in [0.25, 0.3) is 0 Å². The van der Waals surface area contributed by atoms with Crippen LogP contribution >= 0.6 is 11.6 Å². The first-order valence-corrected chi connectivity index (χ1v) is 6.15. The van der Waals surface area contributed by atoms with E-state index in [0.29, 0.717) is 5.75 Å². The molecule has 0 spiro atoms. The summed E-state index contributed by atoms with van der Waals surface area (Å²) >= 11 is 4.58. The van der Waals surface area contributed by atoms with Crippen molar-refractivity contribution in [2.75, 3.05) is 12.4 Å². The standard InChI is InChI=1S/C9H15ClO3S/c1-3-4-7-14(12)9(10)5-6-13-8(2)11/h5H,3-4,6-7H2,1-2H3. The third-order valence-corrected chi connectivity index (χ3v) is 3.36. The van der Waals surface area contributed by atoms with E-state index in [2.05, 4.69) is 4.74 Å². The SMILES string of the molecule is CCCC[S+]([O-])C(Cl)=CCOC(C)=O. The van der Waals surface area contributed by atoms with Crippen molar-refractivity contribution >= 4 is 28.7 Å². The van der Waals surface area contributed by atoms with E-state index in [1.807, 2.05) is 6.92 Å².